The van der Waals surface area contributed by atoms with Gasteiger partial charge in [0.25, 0.3) is 7.82 Å². The number of allylic oxidation sites excluding steroid dienone is 2. The molecule has 0 aliphatic carbocycles. The number of carbonyl (C=O) groups excluding carboxylic acids is 1. The lowest BCUT2D eigenvalue weighted by Crippen LogP contribution is -2.37. The number of esters is 1. The topological polar surface area (TPSA) is 94.1 Å². The van der Waals surface area contributed by atoms with Crippen LogP contribution in [0.3, 0.4) is 0 Å². The third-order valence-electron chi connectivity index (χ3n) is 12.1. The van der Waals surface area contributed by atoms with Gasteiger partial charge in [0.2, 0.25) is 0 Å². The molecule has 0 rings (SSSR count). The van der Waals surface area contributed by atoms with Crippen LogP contribution < -0.4 is 4.89 Å². The monoisotopic (exact) mass is 900 g/mol. The Kier molecular flexibility index (Phi) is 46.2. The van der Waals surface area contributed by atoms with Crippen LogP contribution in [0, 0.1) is 0 Å². The van der Waals surface area contributed by atoms with Gasteiger partial charge >= 0.3 is 5.97 Å². The van der Waals surface area contributed by atoms with Gasteiger partial charge in [0.15, 0.2) is 0 Å². The van der Waals surface area contributed by atoms with Gasteiger partial charge < -0.3 is 27.9 Å². The summed E-state index contributed by atoms with van der Waals surface area (Å²) in [7, 11) is 1.37. The second kappa shape index (κ2) is 46.8. The van der Waals surface area contributed by atoms with E-state index in [2.05, 4.69) is 26.0 Å². The first-order valence-corrected chi connectivity index (χ1v) is 28.4. The molecule has 0 heterocycles. The number of rotatable bonds is 51. The maximum atomic E-state index is 12.8. The standard InChI is InChI=1S/C53H106NO7P/c1-6-8-10-12-14-16-18-20-22-24-26-27-28-30-32-34-36-38-40-42-44-46-53(55)61-52(51-60-62(56,57)59-49-47-54(3,4)5)50-58-48-45-43-41-39-37-35-33-31-29-25-23-21-19-17-15-13-11-9-7-2/h23,25,52H,6-22,24,26-51H2,1-5H3/b25-23-. The van der Waals surface area contributed by atoms with Crippen LogP contribution in [0.5, 0.6) is 0 Å². The number of likely N-dealkylation sites (N-methyl/N-ethyl adjacent to an activating group) is 1. The van der Waals surface area contributed by atoms with E-state index in [1.165, 1.54) is 212 Å². The third-order valence-corrected chi connectivity index (χ3v) is 13.0. The lowest BCUT2D eigenvalue weighted by Gasteiger charge is -2.28. The Balaban J connectivity index is 4.08. The molecule has 0 saturated carbocycles. The molecule has 0 aliphatic heterocycles. The molecule has 0 N–H and O–H groups in total. The third kappa shape index (κ3) is 50.2. The Bertz CT molecular complexity index is 1000. The molecular weight excluding hydrogens is 794 g/mol. The van der Waals surface area contributed by atoms with Gasteiger partial charge in [0, 0.05) is 13.0 Å². The van der Waals surface area contributed by atoms with Crippen LogP contribution in [-0.2, 0) is 27.9 Å². The van der Waals surface area contributed by atoms with Crippen molar-refractivity contribution in [1.82, 2.24) is 0 Å². The Labute approximate surface area is 386 Å². The fraction of sp³-hybridized carbons (Fsp3) is 0.943. The van der Waals surface area contributed by atoms with E-state index in [4.69, 9.17) is 18.5 Å². The minimum Gasteiger partial charge on any atom is -0.756 e. The number of ether oxygens (including phenoxy) is 2. The molecule has 0 aromatic heterocycles. The summed E-state index contributed by atoms with van der Waals surface area (Å²) in [6, 6.07) is 0. The molecule has 9 heteroatoms. The fourth-order valence-electron chi connectivity index (χ4n) is 7.90. The SMILES string of the molecule is CCCCCCCCC/C=C\CCCCCCCCCCOCC(COP(=O)([O-])OCC[N+](C)(C)C)OC(=O)CCCCCCCCCCCCCCCCCCCCCCC. The van der Waals surface area contributed by atoms with Crippen LogP contribution in [0.15, 0.2) is 12.2 Å². The summed E-state index contributed by atoms with van der Waals surface area (Å²) in [5.41, 5.74) is 0. The van der Waals surface area contributed by atoms with Crippen molar-refractivity contribution in [3.05, 3.63) is 12.2 Å². The molecule has 62 heavy (non-hydrogen) atoms. The highest BCUT2D eigenvalue weighted by Crippen LogP contribution is 2.38. The maximum absolute atomic E-state index is 12.8. The lowest BCUT2D eigenvalue weighted by molar-refractivity contribution is -0.870. The summed E-state index contributed by atoms with van der Waals surface area (Å²) in [6.07, 6.45) is 53.8. The van der Waals surface area contributed by atoms with Gasteiger partial charge in [0.05, 0.1) is 34.4 Å². The molecule has 2 atom stereocenters. The molecule has 0 aromatic carbocycles. The summed E-state index contributed by atoms with van der Waals surface area (Å²) in [4.78, 5) is 25.2. The Morgan fingerprint density at radius 2 is 0.839 bits per heavy atom. The first-order chi connectivity index (χ1) is 30.1. The predicted octanol–water partition coefficient (Wildman–Crippen LogP) is 15.9. The van der Waals surface area contributed by atoms with Crippen LogP contribution >= 0.6 is 7.82 Å². The molecule has 0 radical (unpaired) electrons. The molecule has 0 aliphatic rings. The normalized spacial score (nSPS) is 13.6. The first kappa shape index (κ1) is 61.2. The van der Waals surface area contributed by atoms with Gasteiger partial charge in [-0.3, -0.25) is 9.36 Å². The van der Waals surface area contributed by atoms with Gasteiger partial charge in [0.1, 0.15) is 19.3 Å². The van der Waals surface area contributed by atoms with Crippen LogP contribution in [0.4, 0.5) is 0 Å². The van der Waals surface area contributed by atoms with Crippen molar-refractivity contribution >= 4 is 13.8 Å². The zero-order valence-corrected chi connectivity index (χ0v) is 43.0. The zero-order chi connectivity index (χ0) is 45.5. The highest BCUT2D eigenvalue weighted by atomic mass is 31.2. The summed E-state index contributed by atoms with van der Waals surface area (Å²) in [5.74, 6) is -0.328. The number of nitrogens with zero attached hydrogens (tertiary/aromatic N) is 1. The summed E-state index contributed by atoms with van der Waals surface area (Å²) in [5, 5.41) is 0. The summed E-state index contributed by atoms with van der Waals surface area (Å²) < 4.78 is 34.8. The Hall–Kier alpha value is -0.760. The van der Waals surface area contributed by atoms with E-state index in [0.717, 1.165) is 32.1 Å². The van der Waals surface area contributed by atoms with E-state index in [-0.39, 0.29) is 25.8 Å². The Morgan fingerprint density at radius 3 is 1.23 bits per heavy atom. The highest BCUT2D eigenvalue weighted by molar-refractivity contribution is 7.45. The molecule has 0 bridgehead atoms. The van der Waals surface area contributed by atoms with E-state index in [0.29, 0.717) is 24.1 Å². The average Bonchev–Trinajstić information content (AvgIpc) is 3.23. The Morgan fingerprint density at radius 1 is 0.484 bits per heavy atom. The molecule has 370 valence electrons. The minimum absolute atomic E-state index is 0.0292. The molecule has 0 spiro atoms. The van der Waals surface area contributed by atoms with Crippen molar-refractivity contribution in [1.29, 1.82) is 0 Å². The van der Waals surface area contributed by atoms with Gasteiger partial charge in [-0.25, -0.2) is 0 Å². The number of carbonyl (C=O) groups is 1. The summed E-state index contributed by atoms with van der Waals surface area (Å²) in [6.45, 7) is 5.47. The van der Waals surface area contributed by atoms with Crippen LogP contribution in [-0.4, -0.2) is 70.7 Å². The van der Waals surface area contributed by atoms with Crippen molar-refractivity contribution in [2.45, 2.75) is 270 Å². The van der Waals surface area contributed by atoms with Crippen molar-refractivity contribution in [2.24, 2.45) is 0 Å². The van der Waals surface area contributed by atoms with E-state index in [1.54, 1.807) is 0 Å². The van der Waals surface area contributed by atoms with Crippen LogP contribution in [0.2, 0.25) is 0 Å². The smallest absolute Gasteiger partial charge is 0.306 e. The molecule has 8 nitrogen and oxygen atoms in total. The van der Waals surface area contributed by atoms with Crippen LogP contribution in [0.1, 0.15) is 264 Å². The fourth-order valence-corrected chi connectivity index (χ4v) is 8.63. The van der Waals surface area contributed by atoms with Crippen molar-refractivity contribution in [2.75, 3.05) is 54.1 Å². The van der Waals surface area contributed by atoms with Gasteiger partial charge in [-0.15, -0.1) is 0 Å². The van der Waals surface area contributed by atoms with Crippen molar-refractivity contribution < 1.29 is 37.3 Å². The number of unbranched alkanes of at least 4 members (excludes halogenated alkanes) is 35. The molecule has 0 fully saturated rings. The van der Waals surface area contributed by atoms with E-state index in [1.807, 2.05) is 21.1 Å². The second-order valence-electron chi connectivity index (χ2n) is 19.6. The molecule has 0 aromatic rings. The number of quaternary nitrogens is 1. The number of hydrogen-bond acceptors (Lipinski definition) is 7. The van der Waals surface area contributed by atoms with E-state index < -0.39 is 13.9 Å². The number of phosphoric ester groups is 1. The average molecular weight is 900 g/mol. The quantitative estimate of drug-likeness (QED) is 0.0197. The van der Waals surface area contributed by atoms with E-state index in [9.17, 15) is 14.3 Å². The largest absolute Gasteiger partial charge is 0.756 e. The molecule has 0 saturated heterocycles. The van der Waals surface area contributed by atoms with E-state index >= 15 is 0 Å². The minimum atomic E-state index is -4.53. The summed E-state index contributed by atoms with van der Waals surface area (Å²) >= 11 is 0. The number of phosphoric acid groups is 1. The molecule has 2 unspecified atom stereocenters. The van der Waals surface area contributed by atoms with Gasteiger partial charge in [-0.2, -0.15) is 0 Å². The van der Waals surface area contributed by atoms with Gasteiger partial charge in [-0.1, -0.05) is 231 Å². The molecular formula is C53H106NO7P. The lowest BCUT2D eigenvalue weighted by atomic mass is 10.0. The highest BCUT2D eigenvalue weighted by Gasteiger charge is 2.20. The van der Waals surface area contributed by atoms with Crippen molar-refractivity contribution in [3.8, 4) is 0 Å². The zero-order valence-electron chi connectivity index (χ0n) is 42.1. The number of hydrogen-bond donors (Lipinski definition) is 0. The maximum Gasteiger partial charge on any atom is 0.306 e. The first-order valence-electron chi connectivity index (χ1n) is 26.9. The van der Waals surface area contributed by atoms with Crippen molar-refractivity contribution in [3.63, 3.8) is 0 Å². The predicted molar refractivity (Wildman–Crippen MR) is 264 cm³/mol. The second-order valence-corrected chi connectivity index (χ2v) is 21.0. The van der Waals surface area contributed by atoms with Gasteiger partial charge in [-0.05, 0) is 38.5 Å². The van der Waals surface area contributed by atoms with Crippen LogP contribution in [0.25, 0.3) is 0 Å². The molecule has 0 amide bonds.